The van der Waals surface area contributed by atoms with Crippen LogP contribution in [-0.4, -0.2) is 74.1 Å². The molecule has 0 aromatic heterocycles. The fraction of sp³-hybridized carbons (Fsp3) is 0.414. The molecule has 206 valence electrons. The van der Waals surface area contributed by atoms with Gasteiger partial charge in [-0.25, -0.2) is 9.79 Å². The van der Waals surface area contributed by atoms with E-state index >= 15 is 0 Å². The van der Waals surface area contributed by atoms with Crippen LogP contribution in [0.15, 0.2) is 58.3 Å². The van der Waals surface area contributed by atoms with Crippen molar-refractivity contribution < 1.29 is 14.3 Å². The SMILES string of the molecule is COc1ccc(C(C)(C)C)cc1NC(=O)Nc1ccc(C2=C3C(N)=NC=NN3C(CN3CCOCC3)C2)cc1. The van der Waals surface area contributed by atoms with E-state index in [1.54, 1.807) is 7.11 Å². The fourth-order valence-electron chi connectivity index (χ4n) is 5.16. The van der Waals surface area contributed by atoms with Crippen LogP contribution in [0.4, 0.5) is 16.2 Å². The molecule has 5 rings (SSSR count). The van der Waals surface area contributed by atoms with Crippen LogP contribution in [0.1, 0.15) is 38.3 Å². The van der Waals surface area contributed by atoms with Crippen LogP contribution in [0.25, 0.3) is 5.57 Å². The number of aliphatic imine (C=N–C) groups is 1. The monoisotopic (exact) mass is 531 g/mol. The van der Waals surface area contributed by atoms with Crippen LogP contribution in [0.3, 0.4) is 0 Å². The van der Waals surface area contributed by atoms with E-state index in [0.29, 0.717) is 23.0 Å². The molecule has 1 unspecified atom stereocenters. The third-order valence-corrected chi connectivity index (χ3v) is 7.29. The standard InChI is InChI=1S/C29H37N7O3/c1-29(2,3)20-7-10-25(38-4)24(15-20)34-28(37)33-21-8-5-19(6-9-21)23-16-22(17-35-11-13-39-14-12-35)36-26(23)27(30)31-18-32-36/h5-10,15,18,22H,11-14,16-17H2,1-4H3,(H2,30,31,32)(H2,33,34,37). The number of benzene rings is 2. The highest BCUT2D eigenvalue weighted by Gasteiger charge is 2.36. The minimum Gasteiger partial charge on any atom is -0.495 e. The quantitative estimate of drug-likeness (QED) is 0.518. The van der Waals surface area contributed by atoms with Crippen LogP contribution < -0.4 is 21.1 Å². The summed E-state index contributed by atoms with van der Waals surface area (Å²) in [5.41, 5.74) is 11.7. The first-order valence-electron chi connectivity index (χ1n) is 13.3. The van der Waals surface area contributed by atoms with Crippen molar-refractivity contribution in [3.05, 3.63) is 59.3 Å². The van der Waals surface area contributed by atoms with Gasteiger partial charge in [0.05, 0.1) is 32.1 Å². The number of fused-ring (bicyclic) bond motifs is 1. The molecule has 2 aromatic carbocycles. The molecule has 0 spiro atoms. The molecule has 0 saturated carbocycles. The average Bonchev–Trinajstić information content (AvgIpc) is 3.28. The molecule has 39 heavy (non-hydrogen) atoms. The van der Waals surface area contributed by atoms with Crippen molar-refractivity contribution in [3.63, 3.8) is 0 Å². The van der Waals surface area contributed by atoms with Crippen LogP contribution in [0, 0.1) is 0 Å². The van der Waals surface area contributed by atoms with E-state index in [4.69, 9.17) is 15.2 Å². The number of hydrogen-bond donors (Lipinski definition) is 3. The van der Waals surface area contributed by atoms with E-state index in [-0.39, 0.29) is 17.5 Å². The largest absolute Gasteiger partial charge is 0.495 e. The van der Waals surface area contributed by atoms with E-state index in [1.165, 1.54) is 6.34 Å². The fourth-order valence-corrected chi connectivity index (χ4v) is 5.16. The first kappa shape index (κ1) is 26.7. The molecule has 2 amide bonds. The number of carbonyl (C=O) groups is 1. The molecule has 0 aliphatic carbocycles. The van der Waals surface area contributed by atoms with Crippen molar-refractivity contribution in [1.29, 1.82) is 0 Å². The molecular formula is C29H37N7O3. The lowest BCUT2D eigenvalue weighted by molar-refractivity contribution is 0.0281. The molecule has 4 N–H and O–H groups in total. The predicted molar refractivity (Wildman–Crippen MR) is 155 cm³/mol. The highest BCUT2D eigenvalue weighted by Crippen LogP contribution is 2.38. The Morgan fingerprint density at radius 3 is 2.56 bits per heavy atom. The minimum atomic E-state index is -0.343. The zero-order chi connectivity index (χ0) is 27.6. The highest BCUT2D eigenvalue weighted by atomic mass is 16.5. The molecule has 1 atom stereocenters. The van der Waals surface area contributed by atoms with Crippen molar-refractivity contribution in [3.8, 4) is 5.75 Å². The van der Waals surface area contributed by atoms with Crippen LogP contribution in [0.5, 0.6) is 5.75 Å². The Morgan fingerprint density at radius 2 is 1.87 bits per heavy atom. The van der Waals surface area contributed by atoms with Gasteiger partial charge in [0.2, 0.25) is 0 Å². The third kappa shape index (κ3) is 5.91. The molecule has 3 aliphatic heterocycles. The predicted octanol–water partition coefficient (Wildman–Crippen LogP) is 4.07. The number of morpholine rings is 1. The number of nitrogens with zero attached hydrogens (tertiary/aromatic N) is 4. The zero-order valence-electron chi connectivity index (χ0n) is 23.0. The van der Waals surface area contributed by atoms with Gasteiger partial charge < -0.3 is 25.8 Å². The number of urea groups is 1. The second-order valence-corrected chi connectivity index (χ2v) is 11.0. The number of amidine groups is 1. The molecular weight excluding hydrogens is 494 g/mol. The average molecular weight is 532 g/mol. The third-order valence-electron chi connectivity index (χ3n) is 7.29. The summed E-state index contributed by atoms with van der Waals surface area (Å²) in [5, 5.41) is 12.4. The summed E-state index contributed by atoms with van der Waals surface area (Å²) in [6.45, 7) is 10.6. The van der Waals surface area contributed by atoms with Gasteiger partial charge in [-0.05, 0) is 52.8 Å². The number of nitrogens with two attached hydrogens (primary N) is 1. The summed E-state index contributed by atoms with van der Waals surface area (Å²) in [6.07, 6.45) is 2.32. The second kappa shape index (κ2) is 11.1. The Hall–Kier alpha value is -3.89. The summed E-state index contributed by atoms with van der Waals surface area (Å²) in [7, 11) is 1.59. The lowest BCUT2D eigenvalue weighted by Gasteiger charge is -2.33. The van der Waals surface area contributed by atoms with Gasteiger partial charge in [0, 0.05) is 25.3 Å². The smallest absolute Gasteiger partial charge is 0.323 e. The highest BCUT2D eigenvalue weighted by molar-refractivity contribution is 6.08. The topological polar surface area (TPSA) is 117 Å². The van der Waals surface area contributed by atoms with Crippen LogP contribution >= 0.6 is 0 Å². The maximum absolute atomic E-state index is 12.9. The number of carbonyl (C=O) groups excluding carboxylic acids is 1. The summed E-state index contributed by atoms with van der Waals surface area (Å²) in [5.74, 6) is 1.08. The number of methoxy groups -OCH3 is 1. The van der Waals surface area contributed by atoms with Gasteiger partial charge in [-0.1, -0.05) is 39.0 Å². The number of hydrazone groups is 1. The molecule has 2 aromatic rings. The van der Waals surface area contributed by atoms with Gasteiger partial charge in [0.15, 0.2) is 5.84 Å². The van der Waals surface area contributed by atoms with E-state index in [1.807, 2.05) is 47.5 Å². The zero-order valence-corrected chi connectivity index (χ0v) is 23.0. The van der Waals surface area contributed by atoms with Crippen LogP contribution in [-0.2, 0) is 10.2 Å². The Bertz CT molecular complexity index is 1310. The summed E-state index contributed by atoms with van der Waals surface area (Å²) >= 11 is 0. The van der Waals surface area contributed by atoms with Gasteiger partial charge in [-0.3, -0.25) is 9.91 Å². The van der Waals surface area contributed by atoms with E-state index < -0.39 is 0 Å². The van der Waals surface area contributed by atoms with Crippen molar-refractivity contribution in [1.82, 2.24) is 9.91 Å². The molecule has 10 nitrogen and oxygen atoms in total. The number of ether oxygens (including phenoxy) is 2. The minimum absolute atomic E-state index is 0.0561. The molecule has 3 aliphatic rings. The lowest BCUT2D eigenvalue weighted by Crippen LogP contribution is -2.45. The molecule has 10 heteroatoms. The Labute approximate surface area is 229 Å². The summed E-state index contributed by atoms with van der Waals surface area (Å²) in [4.78, 5) is 19.5. The van der Waals surface area contributed by atoms with Gasteiger partial charge in [-0.2, -0.15) is 5.10 Å². The Kier molecular flexibility index (Phi) is 7.58. The first-order valence-corrected chi connectivity index (χ1v) is 13.3. The molecule has 1 saturated heterocycles. The van der Waals surface area contributed by atoms with Gasteiger partial charge in [0.1, 0.15) is 17.8 Å². The Balaban J connectivity index is 1.29. The maximum atomic E-state index is 12.9. The maximum Gasteiger partial charge on any atom is 0.323 e. The van der Waals surface area contributed by atoms with Crippen molar-refractivity contribution in [2.24, 2.45) is 15.8 Å². The van der Waals surface area contributed by atoms with Crippen LogP contribution in [0.2, 0.25) is 0 Å². The summed E-state index contributed by atoms with van der Waals surface area (Å²) < 4.78 is 11.0. The lowest BCUT2D eigenvalue weighted by atomic mass is 9.87. The second-order valence-electron chi connectivity index (χ2n) is 11.0. The van der Waals surface area contributed by atoms with E-state index in [2.05, 4.69) is 46.4 Å². The Morgan fingerprint density at radius 1 is 1.13 bits per heavy atom. The first-order chi connectivity index (χ1) is 18.7. The number of amides is 2. The van der Waals surface area contributed by atoms with Crippen molar-refractivity contribution in [2.45, 2.75) is 38.6 Å². The van der Waals surface area contributed by atoms with Gasteiger partial charge in [-0.15, -0.1) is 0 Å². The summed E-state index contributed by atoms with van der Waals surface area (Å²) in [6, 6.07) is 13.5. The van der Waals surface area contributed by atoms with Gasteiger partial charge in [0.25, 0.3) is 0 Å². The molecule has 3 heterocycles. The normalized spacial score (nSPS) is 19.5. The van der Waals surface area contributed by atoms with Crippen molar-refractivity contribution >= 4 is 35.2 Å². The van der Waals surface area contributed by atoms with Gasteiger partial charge >= 0.3 is 6.03 Å². The van der Waals surface area contributed by atoms with E-state index in [9.17, 15) is 4.79 Å². The van der Waals surface area contributed by atoms with Crippen molar-refractivity contribution in [2.75, 3.05) is 50.6 Å². The number of nitrogens with one attached hydrogen (secondary N) is 2. The number of anilines is 2. The number of rotatable bonds is 6. The molecule has 0 radical (unpaired) electrons. The molecule has 0 bridgehead atoms. The van der Waals surface area contributed by atoms with E-state index in [0.717, 1.165) is 61.7 Å². The molecule has 1 fully saturated rings. The number of hydrogen-bond acceptors (Lipinski definition) is 8.